The highest BCUT2D eigenvalue weighted by molar-refractivity contribution is 5.91. The molecule has 3 aromatic rings. The fraction of sp³-hybridized carbons (Fsp3) is 0.452. The minimum atomic E-state index is -1.23. The Labute approximate surface area is 250 Å². The van der Waals surface area contributed by atoms with Gasteiger partial charge in [0.1, 0.15) is 5.60 Å². The van der Waals surface area contributed by atoms with Crippen molar-refractivity contribution in [3.05, 3.63) is 54.4 Å². The predicted octanol–water partition coefficient (Wildman–Crippen LogP) is 6.73. The second kappa shape index (κ2) is 14.2. The number of aromatic nitrogens is 3. The van der Waals surface area contributed by atoms with Crippen molar-refractivity contribution in [1.82, 2.24) is 19.9 Å². The average molecular weight is 597 g/mol. The third-order valence-electron chi connectivity index (χ3n) is 6.73. The third kappa shape index (κ3) is 9.59. The highest BCUT2D eigenvalue weighted by Gasteiger charge is 2.24. The molecule has 0 atom stereocenters. The van der Waals surface area contributed by atoms with E-state index in [1.165, 1.54) is 30.9 Å². The first kappa shape index (κ1) is 31.6. The Morgan fingerprint density at radius 3 is 2.44 bits per heavy atom. The number of ether oxygens (including phenoxy) is 2. The minimum Gasteiger partial charge on any atom is -0.444 e. The van der Waals surface area contributed by atoms with Crippen LogP contribution in [0.15, 0.2) is 42.7 Å². The van der Waals surface area contributed by atoms with Crippen molar-refractivity contribution in [2.45, 2.75) is 71.3 Å². The zero-order valence-electron chi connectivity index (χ0n) is 24.7. The summed E-state index contributed by atoms with van der Waals surface area (Å²) in [7, 11) is 0. The number of anilines is 2. The number of pyridine rings is 1. The van der Waals surface area contributed by atoms with E-state index >= 15 is 0 Å². The van der Waals surface area contributed by atoms with Crippen LogP contribution in [-0.4, -0.2) is 50.5 Å². The number of nitrogens with two attached hydrogens (primary N) is 1. The number of nitrogen functional groups attached to an aromatic ring is 1. The second-order valence-electron chi connectivity index (χ2n) is 11.6. The number of benzene rings is 1. The summed E-state index contributed by atoms with van der Waals surface area (Å²) < 4.78 is 39.9. The van der Waals surface area contributed by atoms with Gasteiger partial charge in [-0.05, 0) is 82.7 Å². The van der Waals surface area contributed by atoms with Crippen LogP contribution in [-0.2, 0) is 9.53 Å². The number of carbonyl (C=O) groups is 2. The zero-order valence-corrected chi connectivity index (χ0v) is 24.7. The van der Waals surface area contributed by atoms with E-state index in [9.17, 15) is 18.4 Å². The van der Waals surface area contributed by atoms with Crippen molar-refractivity contribution in [3.63, 3.8) is 0 Å². The van der Waals surface area contributed by atoms with Crippen molar-refractivity contribution < 1.29 is 27.8 Å². The van der Waals surface area contributed by atoms with E-state index in [1.54, 1.807) is 23.1 Å². The number of nitrogens with one attached hydrogen (secondary N) is 1. The first-order valence-electron chi connectivity index (χ1n) is 14.5. The van der Waals surface area contributed by atoms with Crippen molar-refractivity contribution >= 4 is 23.6 Å². The van der Waals surface area contributed by atoms with E-state index in [1.807, 2.05) is 20.8 Å². The minimum absolute atomic E-state index is 0.0233. The van der Waals surface area contributed by atoms with E-state index in [0.29, 0.717) is 17.2 Å². The van der Waals surface area contributed by atoms with Crippen LogP contribution < -0.4 is 15.8 Å². The molecule has 12 heteroatoms. The first-order valence-corrected chi connectivity index (χ1v) is 14.5. The van der Waals surface area contributed by atoms with Gasteiger partial charge in [-0.25, -0.2) is 24.1 Å². The zero-order chi connectivity index (χ0) is 31.0. The van der Waals surface area contributed by atoms with Gasteiger partial charge in [0.25, 0.3) is 0 Å². The Morgan fingerprint density at radius 1 is 1.02 bits per heavy atom. The summed E-state index contributed by atoms with van der Waals surface area (Å²) >= 11 is 0. The number of hydrogen-bond donors (Lipinski definition) is 2. The molecule has 0 unspecified atom stereocenters. The summed E-state index contributed by atoms with van der Waals surface area (Å²) in [6.07, 6.45) is 9.50. The maximum atomic E-state index is 14.6. The van der Waals surface area contributed by atoms with E-state index in [2.05, 4.69) is 20.3 Å². The lowest BCUT2D eigenvalue weighted by Crippen LogP contribution is -2.39. The average Bonchev–Trinajstić information content (AvgIpc) is 3.81. The Bertz CT molecular complexity index is 1420. The summed E-state index contributed by atoms with van der Waals surface area (Å²) in [5.41, 5.74) is 5.87. The molecule has 1 aliphatic heterocycles. The molecule has 5 rings (SSSR count). The van der Waals surface area contributed by atoms with E-state index in [4.69, 9.17) is 15.2 Å². The van der Waals surface area contributed by atoms with Gasteiger partial charge in [-0.2, -0.15) is 4.39 Å². The fourth-order valence-corrected chi connectivity index (χ4v) is 4.36. The first-order chi connectivity index (χ1) is 20.5. The predicted molar refractivity (Wildman–Crippen MR) is 158 cm³/mol. The highest BCUT2D eigenvalue weighted by atomic mass is 19.2. The van der Waals surface area contributed by atoms with Gasteiger partial charge in [-0.1, -0.05) is 12.8 Å². The van der Waals surface area contributed by atoms with Gasteiger partial charge < -0.3 is 25.4 Å². The molecule has 10 nitrogen and oxygen atoms in total. The van der Waals surface area contributed by atoms with Crippen LogP contribution in [0.3, 0.4) is 0 Å². The molecule has 0 bridgehead atoms. The summed E-state index contributed by atoms with van der Waals surface area (Å²) in [5, 5.41) is 2.41. The molecule has 230 valence electrons. The van der Waals surface area contributed by atoms with Crippen LogP contribution in [0.1, 0.15) is 65.7 Å². The normalized spacial score (nSPS) is 14.8. The number of amides is 2. The number of carbonyl (C=O) groups excluding carboxylic acids is 2. The standard InChI is InChI=1S/C21H19F2N5O2.C10H19NO2/c22-18-15(27-17(29)8-5-12-3-4-12)6-7-16(19(18)23)30-20-13(2-1-10-25-20)14-9-11-26-21(24)28-14;1-10(2,3)13-9(12)11-7-5-4-6-8-11/h1-2,6-7,9-12H,3-5,8H2,(H,27,29)(H2,24,26,28);4-8H2,1-3H3. The number of rotatable bonds is 7. The molecule has 0 radical (unpaired) electrons. The third-order valence-corrected chi connectivity index (χ3v) is 6.73. The van der Waals surface area contributed by atoms with Crippen LogP contribution in [0.4, 0.5) is 25.2 Å². The number of halogens is 2. The molecule has 43 heavy (non-hydrogen) atoms. The van der Waals surface area contributed by atoms with Crippen LogP contribution in [0.5, 0.6) is 11.6 Å². The number of nitrogens with zero attached hydrogens (tertiary/aromatic N) is 4. The molecule has 1 aliphatic carbocycles. The topological polar surface area (TPSA) is 133 Å². The van der Waals surface area contributed by atoms with Crippen LogP contribution >= 0.6 is 0 Å². The molecule has 0 spiro atoms. The lowest BCUT2D eigenvalue weighted by atomic mass is 10.1. The fourth-order valence-electron chi connectivity index (χ4n) is 4.36. The van der Waals surface area contributed by atoms with Crippen molar-refractivity contribution in [3.8, 4) is 22.9 Å². The molecule has 3 N–H and O–H groups in total. The molecule has 2 fully saturated rings. The van der Waals surface area contributed by atoms with Gasteiger partial charge in [0, 0.05) is 31.9 Å². The van der Waals surface area contributed by atoms with Gasteiger partial charge in [0.2, 0.25) is 23.6 Å². The number of hydrogen-bond acceptors (Lipinski definition) is 8. The summed E-state index contributed by atoms with van der Waals surface area (Å²) in [4.78, 5) is 37.3. The van der Waals surface area contributed by atoms with Crippen molar-refractivity contribution in [2.24, 2.45) is 5.92 Å². The van der Waals surface area contributed by atoms with Gasteiger partial charge in [0.05, 0.1) is 16.9 Å². The van der Waals surface area contributed by atoms with Crippen molar-refractivity contribution in [1.29, 1.82) is 0 Å². The van der Waals surface area contributed by atoms with E-state index in [-0.39, 0.29) is 47.3 Å². The highest BCUT2D eigenvalue weighted by Crippen LogP contribution is 2.35. The SMILES string of the molecule is CC(C)(C)OC(=O)N1CCCCC1.Nc1nccc(-c2cccnc2Oc2ccc(NC(=O)CCC3CC3)c(F)c2F)n1. The summed E-state index contributed by atoms with van der Waals surface area (Å²) in [6, 6.07) is 7.40. The van der Waals surface area contributed by atoms with E-state index < -0.39 is 11.6 Å². The summed E-state index contributed by atoms with van der Waals surface area (Å²) in [5.74, 6) is -2.49. The van der Waals surface area contributed by atoms with Gasteiger partial charge >= 0.3 is 6.09 Å². The quantitative estimate of drug-likeness (QED) is 0.307. The Morgan fingerprint density at radius 2 is 1.77 bits per heavy atom. The monoisotopic (exact) mass is 596 g/mol. The van der Waals surface area contributed by atoms with Crippen LogP contribution in [0, 0.1) is 17.6 Å². The van der Waals surface area contributed by atoms with Crippen LogP contribution in [0.2, 0.25) is 0 Å². The number of likely N-dealkylation sites (tertiary alicyclic amines) is 1. The maximum Gasteiger partial charge on any atom is 0.410 e. The molecule has 1 aromatic carbocycles. The Kier molecular flexibility index (Phi) is 10.4. The van der Waals surface area contributed by atoms with Crippen molar-refractivity contribution in [2.75, 3.05) is 24.1 Å². The molecule has 2 amide bonds. The Balaban J connectivity index is 0.000000273. The van der Waals surface area contributed by atoms with Gasteiger partial charge in [-0.3, -0.25) is 4.79 Å². The second-order valence-corrected chi connectivity index (χ2v) is 11.6. The van der Waals surface area contributed by atoms with Crippen LogP contribution in [0.25, 0.3) is 11.3 Å². The maximum absolute atomic E-state index is 14.6. The molecule has 2 aliphatic rings. The molecule has 3 heterocycles. The largest absolute Gasteiger partial charge is 0.444 e. The van der Waals surface area contributed by atoms with Gasteiger partial charge in [0.15, 0.2) is 11.6 Å². The molecule has 1 saturated carbocycles. The lowest BCUT2D eigenvalue weighted by Gasteiger charge is -2.29. The Hall–Kier alpha value is -4.35. The van der Waals surface area contributed by atoms with Gasteiger partial charge in [-0.15, -0.1) is 0 Å². The molecular weight excluding hydrogens is 558 g/mol. The molecule has 1 saturated heterocycles. The lowest BCUT2D eigenvalue weighted by molar-refractivity contribution is -0.116. The summed E-state index contributed by atoms with van der Waals surface area (Å²) in [6.45, 7) is 7.41. The number of piperidine rings is 1. The molecular formula is C31H38F2N6O4. The van der Waals surface area contributed by atoms with E-state index in [0.717, 1.165) is 45.2 Å². The molecule has 2 aromatic heterocycles. The smallest absolute Gasteiger partial charge is 0.410 e.